The van der Waals surface area contributed by atoms with Gasteiger partial charge in [-0.25, -0.2) is 4.79 Å². The fraction of sp³-hybridized carbons (Fsp3) is 0.500. The SMILES string of the molecule is CC(C)(C)OC(=O)N1CCC(Oc2ccc(N)c(C(N)=O)c2)C1. The van der Waals surface area contributed by atoms with Gasteiger partial charge in [-0.1, -0.05) is 0 Å². The van der Waals surface area contributed by atoms with E-state index in [9.17, 15) is 9.59 Å². The molecule has 0 aromatic heterocycles. The van der Waals surface area contributed by atoms with E-state index < -0.39 is 11.5 Å². The Morgan fingerprint density at radius 1 is 1.30 bits per heavy atom. The van der Waals surface area contributed by atoms with Crippen LogP contribution in [0.1, 0.15) is 37.6 Å². The predicted octanol–water partition coefficient (Wildman–Crippen LogP) is 1.76. The number of primary amides is 1. The fourth-order valence-corrected chi connectivity index (χ4v) is 2.33. The van der Waals surface area contributed by atoms with Crippen LogP contribution in [-0.2, 0) is 4.74 Å². The van der Waals surface area contributed by atoms with Crippen molar-refractivity contribution in [2.45, 2.75) is 38.9 Å². The van der Waals surface area contributed by atoms with Gasteiger partial charge in [-0.15, -0.1) is 0 Å². The van der Waals surface area contributed by atoms with Gasteiger partial charge in [-0.05, 0) is 39.0 Å². The second kappa shape index (κ2) is 6.36. The summed E-state index contributed by atoms with van der Waals surface area (Å²) in [6.45, 7) is 6.49. The van der Waals surface area contributed by atoms with Gasteiger partial charge in [0.2, 0.25) is 0 Å². The Balaban J connectivity index is 1.97. The van der Waals surface area contributed by atoms with Crippen LogP contribution in [0.3, 0.4) is 0 Å². The summed E-state index contributed by atoms with van der Waals surface area (Å²) in [6, 6.07) is 4.78. The second-order valence-electron chi connectivity index (χ2n) is 6.57. The molecule has 1 aliphatic rings. The van der Waals surface area contributed by atoms with Gasteiger partial charge >= 0.3 is 6.09 Å². The summed E-state index contributed by atoms with van der Waals surface area (Å²) in [7, 11) is 0. The molecule has 0 aliphatic carbocycles. The number of nitrogen functional groups attached to an aromatic ring is 1. The van der Waals surface area contributed by atoms with Crippen LogP contribution in [0.4, 0.5) is 10.5 Å². The summed E-state index contributed by atoms with van der Waals surface area (Å²) in [6.07, 6.45) is 0.181. The zero-order valence-corrected chi connectivity index (χ0v) is 13.7. The van der Waals surface area contributed by atoms with E-state index in [2.05, 4.69) is 0 Å². The molecule has 2 rings (SSSR count). The molecule has 0 radical (unpaired) electrons. The Morgan fingerprint density at radius 2 is 2.00 bits per heavy atom. The van der Waals surface area contributed by atoms with Crippen LogP contribution in [-0.4, -0.2) is 41.7 Å². The van der Waals surface area contributed by atoms with Crippen LogP contribution in [0.25, 0.3) is 0 Å². The molecule has 1 fully saturated rings. The third-order valence-corrected chi connectivity index (χ3v) is 3.39. The number of nitrogens with two attached hydrogens (primary N) is 2. The Hall–Kier alpha value is -2.44. The van der Waals surface area contributed by atoms with E-state index in [1.54, 1.807) is 17.0 Å². The number of carbonyl (C=O) groups excluding carboxylic acids is 2. The summed E-state index contributed by atoms with van der Waals surface area (Å²) in [5.74, 6) is -0.0983. The number of amides is 2. The lowest BCUT2D eigenvalue weighted by atomic mass is 10.1. The van der Waals surface area contributed by atoms with E-state index >= 15 is 0 Å². The van der Waals surface area contributed by atoms with Crippen molar-refractivity contribution in [2.24, 2.45) is 5.73 Å². The minimum atomic E-state index is -0.602. The van der Waals surface area contributed by atoms with E-state index in [4.69, 9.17) is 20.9 Å². The van der Waals surface area contributed by atoms with Crippen LogP contribution in [0.2, 0.25) is 0 Å². The molecule has 2 amide bonds. The Bertz CT molecular complexity index is 610. The highest BCUT2D eigenvalue weighted by Crippen LogP contribution is 2.23. The lowest BCUT2D eigenvalue weighted by molar-refractivity contribution is 0.0275. The summed E-state index contributed by atoms with van der Waals surface area (Å²) in [4.78, 5) is 24.9. The first-order valence-electron chi connectivity index (χ1n) is 7.49. The van der Waals surface area contributed by atoms with Crippen LogP contribution in [0.5, 0.6) is 5.75 Å². The average molecular weight is 321 g/mol. The number of benzene rings is 1. The van der Waals surface area contributed by atoms with E-state index in [1.165, 1.54) is 6.07 Å². The average Bonchev–Trinajstić information content (AvgIpc) is 2.87. The van der Waals surface area contributed by atoms with Crippen molar-refractivity contribution in [2.75, 3.05) is 18.8 Å². The van der Waals surface area contributed by atoms with Crippen molar-refractivity contribution >= 4 is 17.7 Å². The van der Waals surface area contributed by atoms with Gasteiger partial charge in [0.15, 0.2) is 0 Å². The molecule has 1 aromatic carbocycles. The van der Waals surface area contributed by atoms with Crippen molar-refractivity contribution in [3.63, 3.8) is 0 Å². The van der Waals surface area contributed by atoms with Gasteiger partial charge in [0, 0.05) is 18.7 Å². The molecule has 4 N–H and O–H groups in total. The van der Waals surface area contributed by atoms with Crippen LogP contribution in [0.15, 0.2) is 18.2 Å². The monoisotopic (exact) mass is 321 g/mol. The highest BCUT2D eigenvalue weighted by molar-refractivity contribution is 5.98. The fourth-order valence-electron chi connectivity index (χ4n) is 2.33. The van der Waals surface area contributed by atoms with Crippen molar-refractivity contribution in [1.29, 1.82) is 0 Å². The summed E-state index contributed by atoms with van der Waals surface area (Å²) < 4.78 is 11.2. The van der Waals surface area contributed by atoms with Crippen LogP contribution in [0, 0.1) is 0 Å². The highest BCUT2D eigenvalue weighted by atomic mass is 16.6. The first-order valence-corrected chi connectivity index (χ1v) is 7.49. The molecule has 1 heterocycles. The third-order valence-electron chi connectivity index (χ3n) is 3.39. The van der Waals surface area contributed by atoms with Gasteiger partial charge in [0.05, 0.1) is 12.1 Å². The third kappa shape index (κ3) is 4.51. The van der Waals surface area contributed by atoms with Crippen molar-refractivity contribution in [1.82, 2.24) is 4.90 Å². The number of anilines is 1. The number of nitrogens with zero attached hydrogens (tertiary/aromatic N) is 1. The number of hydrogen-bond acceptors (Lipinski definition) is 5. The summed E-state index contributed by atoms with van der Waals surface area (Å²) in [5.41, 5.74) is 11.0. The first kappa shape index (κ1) is 16.9. The lowest BCUT2D eigenvalue weighted by Gasteiger charge is -2.24. The molecule has 1 aliphatic heterocycles. The summed E-state index contributed by atoms with van der Waals surface area (Å²) >= 11 is 0. The molecule has 1 unspecified atom stereocenters. The lowest BCUT2D eigenvalue weighted by Crippen LogP contribution is -2.36. The molecule has 0 spiro atoms. The molecule has 23 heavy (non-hydrogen) atoms. The smallest absolute Gasteiger partial charge is 0.410 e. The molecule has 126 valence electrons. The Labute approximate surface area is 135 Å². The van der Waals surface area contributed by atoms with Crippen molar-refractivity contribution in [3.05, 3.63) is 23.8 Å². The molecule has 7 nitrogen and oxygen atoms in total. The molecule has 1 saturated heterocycles. The predicted molar refractivity (Wildman–Crippen MR) is 86.2 cm³/mol. The minimum absolute atomic E-state index is 0.160. The maximum absolute atomic E-state index is 12.0. The van der Waals surface area contributed by atoms with Crippen LogP contribution >= 0.6 is 0 Å². The first-order chi connectivity index (χ1) is 10.7. The van der Waals surface area contributed by atoms with Gasteiger partial charge in [0.25, 0.3) is 5.91 Å². The molecule has 0 bridgehead atoms. The largest absolute Gasteiger partial charge is 0.488 e. The second-order valence-corrected chi connectivity index (χ2v) is 6.57. The number of hydrogen-bond donors (Lipinski definition) is 2. The quantitative estimate of drug-likeness (QED) is 0.825. The van der Waals surface area contributed by atoms with Crippen molar-refractivity contribution < 1.29 is 19.1 Å². The van der Waals surface area contributed by atoms with E-state index in [1.807, 2.05) is 20.8 Å². The normalized spacial score (nSPS) is 17.9. The topological polar surface area (TPSA) is 108 Å². The van der Waals surface area contributed by atoms with Crippen LogP contribution < -0.4 is 16.2 Å². The molecule has 1 atom stereocenters. The zero-order valence-electron chi connectivity index (χ0n) is 13.7. The molecule has 1 aromatic rings. The Morgan fingerprint density at radius 3 is 2.61 bits per heavy atom. The number of rotatable bonds is 3. The zero-order chi connectivity index (χ0) is 17.2. The number of likely N-dealkylation sites (tertiary alicyclic amines) is 1. The molecule has 7 heteroatoms. The Kier molecular flexibility index (Phi) is 4.68. The van der Waals surface area contributed by atoms with E-state index in [0.717, 1.165) is 0 Å². The van der Waals surface area contributed by atoms with Gasteiger partial charge in [-0.2, -0.15) is 0 Å². The number of carbonyl (C=O) groups is 2. The van der Waals surface area contributed by atoms with Crippen molar-refractivity contribution in [3.8, 4) is 5.75 Å². The molecular weight excluding hydrogens is 298 g/mol. The maximum Gasteiger partial charge on any atom is 0.410 e. The van der Waals surface area contributed by atoms with E-state index in [0.29, 0.717) is 30.9 Å². The highest BCUT2D eigenvalue weighted by Gasteiger charge is 2.31. The number of ether oxygens (including phenoxy) is 2. The molecule has 0 saturated carbocycles. The standard InChI is InChI=1S/C16H23N3O4/c1-16(2,3)23-15(21)19-7-6-11(9-19)22-10-4-5-13(17)12(8-10)14(18)20/h4-5,8,11H,6-7,9,17H2,1-3H3,(H2,18,20). The maximum atomic E-state index is 12.0. The van der Waals surface area contributed by atoms with E-state index in [-0.39, 0.29) is 17.8 Å². The summed E-state index contributed by atoms with van der Waals surface area (Å²) in [5, 5.41) is 0. The van der Waals surface area contributed by atoms with Gasteiger partial charge < -0.3 is 25.8 Å². The minimum Gasteiger partial charge on any atom is -0.488 e. The van der Waals surface area contributed by atoms with Gasteiger partial charge in [0.1, 0.15) is 17.5 Å². The van der Waals surface area contributed by atoms with Gasteiger partial charge in [-0.3, -0.25) is 4.79 Å². The molecular formula is C16H23N3O4.